The fourth-order valence-electron chi connectivity index (χ4n) is 2.41. The summed E-state index contributed by atoms with van der Waals surface area (Å²) in [5.74, 6) is -0.292. The molecular weight excluding hydrogens is 314 g/mol. The predicted octanol–water partition coefficient (Wildman–Crippen LogP) is 3.17. The van der Waals surface area contributed by atoms with E-state index in [0.717, 1.165) is 16.7 Å². The van der Waals surface area contributed by atoms with E-state index in [9.17, 15) is 9.59 Å². The van der Waals surface area contributed by atoms with E-state index in [4.69, 9.17) is 0 Å². The van der Waals surface area contributed by atoms with Crippen molar-refractivity contribution in [1.29, 1.82) is 0 Å². The monoisotopic (exact) mass is 333 g/mol. The molecule has 1 heterocycles. The third-order valence-electron chi connectivity index (χ3n) is 3.84. The quantitative estimate of drug-likeness (QED) is 0.797. The summed E-state index contributed by atoms with van der Waals surface area (Å²) in [6, 6.07) is 18.4. The summed E-state index contributed by atoms with van der Waals surface area (Å²) in [6.45, 7) is 3.85. The number of aryl methyl sites for hydroxylation is 2. The van der Waals surface area contributed by atoms with Crippen molar-refractivity contribution in [2.75, 3.05) is 5.32 Å². The number of nitrogens with zero attached hydrogens (tertiary/aromatic N) is 2. The molecule has 5 heteroatoms. The van der Waals surface area contributed by atoms with Gasteiger partial charge < -0.3 is 5.32 Å². The van der Waals surface area contributed by atoms with E-state index < -0.39 is 0 Å². The standard InChI is InChI=1S/C20H19N3O2/c1-14-3-7-16(8-4-14)18-11-12-20(25)23(22-18)13-19(24)21-17-9-5-15(2)6-10-17/h3-12H,13H2,1-2H3,(H,21,24). The highest BCUT2D eigenvalue weighted by Crippen LogP contribution is 2.16. The fourth-order valence-corrected chi connectivity index (χ4v) is 2.41. The highest BCUT2D eigenvalue weighted by Gasteiger charge is 2.08. The lowest BCUT2D eigenvalue weighted by molar-refractivity contribution is -0.117. The molecule has 0 fully saturated rings. The molecule has 0 unspecified atom stereocenters. The smallest absolute Gasteiger partial charge is 0.267 e. The second-order valence-corrected chi connectivity index (χ2v) is 5.99. The number of anilines is 1. The van der Waals surface area contributed by atoms with Gasteiger partial charge in [-0.15, -0.1) is 0 Å². The van der Waals surface area contributed by atoms with Crippen molar-refractivity contribution in [3.05, 3.63) is 82.1 Å². The van der Waals surface area contributed by atoms with Crippen molar-refractivity contribution >= 4 is 11.6 Å². The van der Waals surface area contributed by atoms with Crippen molar-refractivity contribution < 1.29 is 4.79 Å². The molecule has 1 N–H and O–H groups in total. The summed E-state index contributed by atoms with van der Waals surface area (Å²) in [4.78, 5) is 24.2. The van der Waals surface area contributed by atoms with E-state index in [0.29, 0.717) is 11.4 Å². The number of carbonyl (C=O) groups excluding carboxylic acids is 1. The summed E-state index contributed by atoms with van der Waals surface area (Å²) >= 11 is 0. The molecule has 1 amide bonds. The van der Waals surface area contributed by atoms with Gasteiger partial charge in [-0.1, -0.05) is 47.5 Å². The number of nitrogens with one attached hydrogen (secondary N) is 1. The van der Waals surface area contributed by atoms with E-state index in [-0.39, 0.29) is 18.0 Å². The van der Waals surface area contributed by atoms with Crippen molar-refractivity contribution in [2.45, 2.75) is 20.4 Å². The van der Waals surface area contributed by atoms with Gasteiger partial charge in [0.2, 0.25) is 5.91 Å². The third-order valence-corrected chi connectivity index (χ3v) is 3.84. The van der Waals surface area contributed by atoms with E-state index >= 15 is 0 Å². The molecule has 0 spiro atoms. The summed E-state index contributed by atoms with van der Waals surface area (Å²) < 4.78 is 1.18. The molecule has 0 aliphatic carbocycles. The van der Waals surface area contributed by atoms with Crippen LogP contribution in [0.25, 0.3) is 11.3 Å². The van der Waals surface area contributed by atoms with E-state index in [1.165, 1.54) is 10.7 Å². The molecule has 5 nitrogen and oxygen atoms in total. The van der Waals surface area contributed by atoms with Crippen molar-refractivity contribution in [1.82, 2.24) is 9.78 Å². The molecule has 126 valence electrons. The van der Waals surface area contributed by atoms with Gasteiger partial charge >= 0.3 is 0 Å². The summed E-state index contributed by atoms with van der Waals surface area (Å²) in [5.41, 5.74) is 4.20. The second-order valence-electron chi connectivity index (χ2n) is 5.99. The highest BCUT2D eigenvalue weighted by atomic mass is 16.2. The molecule has 0 atom stereocenters. The second kappa shape index (κ2) is 7.13. The first kappa shape index (κ1) is 16.6. The number of amides is 1. The van der Waals surface area contributed by atoms with Gasteiger partial charge in [-0.3, -0.25) is 9.59 Å². The van der Waals surface area contributed by atoms with E-state index in [1.807, 2.05) is 62.4 Å². The van der Waals surface area contributed by atoms with Gasteiger partial charge in [0, 0.05) is 17.3 Å². The van der Waals surface area contributed by atoms with Crippen molar-refractivity contribution in [2.24, 2.45) is 0 Å². The lowest BCUT2D eigenvalue weighted by Gasteiger charge is -2.09. The lowest BCUT2D eigenvalue weighted by Crippen LogP contribution is -2.29. The SMILES string of the molecule is Cc1ccc(NC(=O)Cn2nc(-c3ccc(C)cc3)ccc2=O)cc1. The van der Waals surface area contributed by atoms with Crippen LogP contribution in [-0.2, 0) is 11.3 Å². The minimum atomic E-state index is -0.310. The Morgan fingerprint density at radius 1 is 0.920 bits per heavy atom. The Bertz CT molecular complexity index is 942. The first-order valence-corrected chi connectivity index (χ1v) is 8.03. The normalized spacial score (nSPS) is 10.5. The minimum absolute atomic E-state index is 0.133. The van der Waals surface area contributed by atoms with Gasteiger partial charge in [-0.25, -0.2) is 4.68 Å². The maximum Gasteiger partial charge on any atom is 0.267 e. The number of rotatable bonds is 4. The summed E-state index contributed by atoms with van der Waals surface area (Å²) in [5, 5.41) is 7.08. The van der Waals surface area contributed by atoms with Gasteiger partial charge in [-0.05, 0) is 32.0 Å². The van der Waals surface area contributed by atoms with Crippen LogP contribution >= 0.6 is 0 Å². The van der Waals surface area contributed by atoms with Crippen LogP contribution < -0.4 is 10.9 Å². The molecule has 0 saturated heterocycles. The number of carbonyl (C=O) groups is 1. The zero-order chi connectivity index (χ0) is 17.8. The molecule has 3 aromatic rings. The average Bonchev–Trinajstić information content (AvgIpc) is 2.60. The van der Waals surface area contributed by atoms with Crippen LogP contribution in [0.15, 0.2) is 65.5 Å². The van der Waals surface area contributed by atoms with Crippen LogP contribution in [-0.4, -0.2) is 15.7 Å². The van der Waals surface area contributed by atoms with Crippen LogP contribution in [0.2, 0.25) is 0 Å². The molecule has 0 saturated carbocycles. The molecule has 3 rings (SSSR count). The van der Waals surface area contributed by atoms with Gasteiger partial charge in [0.1, 0.15) is 6.54 Å². The van der Waals surface area contributed by atoms with Gasteiger partial charge in [0.05, 0.1) is 5.69 Å². The zero-order valence-corrected chi connectivity index (χ0v) is 14.2. The predicted molar refractivity (Wildman–Crippen MR) is 98.5 cm³/mol. The van der Waals surface area contributed by atoms with Crippen molar-refractivity contribution in [3.63, 3.8) is 0 Å². The maximum atomic E-state index is 12.2. The molecule has 1 aromatic heterocycles. The molecular formula is C20H19N3O2. The minimum Gasteiger partial charge on any atom is -0.324 e. The third kappa shape index (κ3) is 4.20. The largest absolute Gasteiger partial charge is 0.324 e. The number of hydrogen-bond acceptors (Lipinski definition) is 3. The number of hydrogen-bond donors (Lipinski definition) is 1. The summed E-state index contributed by atoms with van der Waals surface area (Å²) in [7, 11) is 0. The Kier molecular flexibility index (Phi) is 4.75. The Morgan fingerprint density at radius 2 is 1.52 bits per heavy atom. The van der Waals surface area contributed by atoms with Crippen LogP contribution in [0.4, 0.5) is 5.69 Å². The van der Waals surface area contributed by atoms with Crippen LogP contribution in [0.5, 0.6) is 0 Å². The first-order chi connectivity index (χ1) is 12.0. The van der Waals surface area contributed by atoms with E-state index in [2.05, 4.69) is 10.4 Å². The highest BCUT2D eigenvalue weighted by molar-refractivity contribution is 5.90. The van der Waals surface area contributed by atoms with Crippen LogP contribution in [0.1, 0.15) is 11.1 Å². The Labute approximate surface area is 145 Å². The Balaban J connectivity index is 1.78. The first-order valence-electron chi connectivity index (χ1n) is 8.03. The zero-order valence-electron chi connectivity index (χ0n) is 14.2. The Hall–Kier alpha value is -3.21. The van der Waals surface area contributed by atoms with Crippen LogP contribution in [0, 0.1) is 13.8 Å². The molecule has 0 aliphatic rings. The average molecular weight is 333 g/mol. The fraction of sp³-hybridized carbons (Fsp3) is 0.150. The van der Waals surface area contributed by atoms with Crippen molar-refractivity contribution in [3.8, 4) is 11.3 Å². The van der Waals surface area contributed by atoms with E-state index in [1.54, 1.807) is 6.07 Å². The van der Waals surface area contributed by atoms with Gasteiger partial charge in [0.25, 0.3) is 5.56 Å². The number of benzene rings is 2. The topological polar surface area (TPSA) is 64.0 Å². The van der Waals surface area contributed by atoms with Gasteiger partial charge in [-0.2, -0.15) is 5.10 Å². The number of aromatic nitrogens is 2. The molecule has 0 bridgehead atoms. The molecule has 25 heavy (non-hydrogen) atoms. The maximum absolute atomic E-state index is 12.2. The van der Waals surface area contributed by atoms with Crippen LogP contribution in [0.3, 0.4) is 0 Å². The van der Waals surface area contributed by atoms with Gasteiger partial charge in [0.15, 0.2) is 0 Å². The molecule has 2 aromatic carbocycles. The summed E-state index contributed by atoms with van der Waals surface area (Å²) in [6.07, 6.45) is 0. The molecule has 0 radical (unpaired) electrons. The molecule has 0 aliphatic heterocycles. The Morgan fingerprint density at radius 3 is 2.16 bits per heavy atom. The lowest BCUT2D eigenvalue weighted by atomic mass is 10.1.